The number of hydrogen-bond donors (Lipinski definition) is 1. The van der Waals surface area contributed by atoms with E-state index >= 15 is 0 Å². The van der Waals surface area contributed by atoms with Gasteiger partial charge in [0.15, 0.2) is 9.84 Å². The van der Waals surface area contributed by atoms with Crippen LogP contribution in [-0.2, 0) is 24.7 Å². The molecule has 2 aliphatic rings. The van der Waals surface area contributed by atoms with E-state index in [2.05, 4.69) is 5.32 Å². The highest BCUT2D eigenvalue weighted by atomic mass is 32.2. The molecule has 1 N–H and O–H groups in total. The summed E-state index contributed by atoms with van der Waals surface area (Å²) in [7, 11) is -6.45. The maximum atomic E-state index is 11.8. The predicted octanol–water partition coefficient (Wildman–Crippen LogP) is -1.29. The second-order valence-corrected chi connectivity index (χ2v) is 9.37. The third-order valence-electron chi connectivity index (χ3n) is 3.28. The lowest BCUT2D eigenvalue weighted by molar-refractivity contribution is -0.121. The van der Waals surface area contributed by atoms with Crippen molar-refractivity contribution in [1.82, 2.24) is 9.62 Å². The minimum Gasteiger partial charge on any atom is -0.351 e. The normalized spacial score (nSPS) is 26.5. The molecule has 1 heterocycles. The van der Waals surface area contributed by atoms with E-state index < -0.39 is 31.8 Å². The smallest absolute Gasteiger partial charge is 0.235 e. The molecule has 0 spiro atoms. The molecule has 1 amide bonds. The van der Waals surface area contributed by atoms with E-state index in [1.807, 2.05) is 0 Å². The van der Waals surface area contributed by atoms with Gasteiger partial charge in [-0.3, -0.25) is 4.79 Å². The van der Waals surface area contributed by atoms with Crippen LogP contribution in [0.15, 0.2) is 0 Å². The molecule has 110 valence electrons. The average Bonchev–Trinajstić information content (AvgIpc) is 3.00. The topological polar surface area (TPSA) is 101 Å². The maximum absolute atomic E-state index is 11.8. The number of carbonyl (C=O) groups is 1. The Morgan fingerprint density at radius 2 is 1.95 bits per heavy atom. The number of sulfonamides is 1. The lowest BCUT2D eigenvalue weighted by atomic mass is 10.2. The first-order valence-corrected chi connectivity index (χ1v) is 9.81. The number of nitrogens with one attached hydrogen (secondary N) is 1. The maximum Gasteiger partial charge on any atom is 0.235 e. The second-order valence-electron chi connectivity index (χ2n) is 5.21. The monoisotopic (exact) mass is 310 g/mol. The molecular formula is C10H18N2O5S2. The van der Waals surface area contributed by atoms with Gasteiger partial charge in [0.1, 0.15) is 0 Å². The van der Waals surface area contributed by atoms with E-state index in [9.17, 15) is 21.6 Å². The molecule has 2 fully saturated rings. The molecule has 1 saturated heterocycles. The third kappa shape index (κ3) is 4.15. The van der Waals surface area contributed by atoms with Gasteiger partial charge < -0.3 is 5.32 Å². The fourth-order valence-corrected chi connectivity index (χ4v) is 4.98. The van der Waals surface area contributed by atoms with Gasteiger partial charge in [-0.15, -0.1) is 0 Å². The second kappa shape index (κ2) is 5.02. The molecule has 0 aromatic carbocycles. The minimum absolute atomic E-state index is 0.0545. The van der Waals surface area contributed by atoms with Crippen LogP contribution in [-0.4, -0.2) is 63.4 Å². The molecule has 19 heavy (non-hydrogen) atoms. The number of nitrogens with zero attached hydrogens (tertiary/aromatic N) is 1. The molecule has 0 aromatic heterocycles. The zero-order valence-electron chi connectivity index (χ0n) is 10.7. The Bertz CT molecular complexity index is 565. The van der Waals surface area contributed by atoms with Crippen molar-refractivity contribution in [3.63, 3.8) is 0 Å². The molecule has 1 aliphatic carbocycles. The van der Waals surface area contributed by atoms with Gasteiger partial charge in [-0.25, -0.2) is 16.8 Å². The van der Waals surface area contributed by atoms with Gasteiger partial charge in [-0.2, -0.15) is 4.31 Å². The molecule has 1 saturated carbocycles. The van der Waals surface area contributed by atoms with E-state index in [4.69, 9.17) is 0 Å². The highest BCUT2D eigenvalue weighted by Gasteiger charge is 2.37. The van der Waals surface area contributed by atoms with Gasteiger partial charge in [0, 0.05) is 12.1 Å². The van der Waals surface area contributed by atoms with Crippen molar-refractivity contribution in [3.05, 3.63) is 0 Å². The third-order valence-corrected chi connectivity index (χ3v) is 6.32. The highest BCUT2D eigenvalue weighted by molar-refractivity contribution is 7.91. The van der Waals surface area contributed by atoms with Crippen molar-refractivity contribution in [2.45, 2.75) is 31.3 Å². The number of hydrogen-bond acceptors (Lipinski definition) is 5. The van der Waals surface area contributed by atoms with E-state index in [0.717, 1.165) is 19.1 Å². The van der Waals surface area contributed by atoms with Crippen LogP contribution in [0.25, 0.3) is 0 Å². The van der Waals surface area contributed by atoms with Crippen molar-refractivity contribution in [3.8, 4) is 0 Å². The molecule has 1 unspecified atom stereocenters. The van der Waals surface area contributed by atoms with E-state index in [0.29, 0.717) is 6.42 Å². The van der Waals surface area contributed by atoms with Crippen molar-refractivity contribution >= 4 is 25.8 Å². The van der Waals surface area contributed by atoms with Crippen LogP contribution < -0.4 is 5.32 Å². The zero-order chi connectivity index (χ0) is 14.3. The first-order valence-electron chi connectivity index (χ1n) is 6.14. The van der Waals surface area contributed by atoms with Crippen LogP contribution in [0, 0.1) is 0 Å². The Balaban J connectivity index is 1.90. The molecule has 2 rings (SSSR count). The van der Waals surface area contributed by atoms with Crippen LogP contribution in [0.1, 0.15) is 19.3 Å². The quantitative estimate of drug-likeness (QED) is 0.681. The highest BCUT2D eigenvalue weighted by Crippen LogP contribution is 2.28. The van der Waals surface area contributed by atoms with Crippen molar-refractivity contribution in [2.24, 2.45) is 0 Å². The molecule has 9 heteroatoms. The van der Waals surface area contributed by atoms with Crippen molar-refractivity contribution < 1.29 is 21.6 Å². The summed E-state index contributed by atoms with van der Waals surface area (Å²) >= 11 is 0. The molecule has 1 aliphatic heterocycles. The Morgan fingerprint density at radius 1 is 1.32 bits per heavy atom. The summed E-state index contributed by atoms with van der Waals surface area (Å²) in [5, 5.41) is 2.60. The van der Waals surface area contributed by atoms with Gasteiger partial charge in [0.05, 0.1) is 24.3 Å². The molecule has 0 bridgehead atoms. The fraction of sp³-hybridized carbons (Fsp3) is 0.900. The van der Waals surface area contributed by atoms with E-state index in [1.165, 1.54) is 4.31 Å². The fourth-order valence-electron chi connectivity index (χ4n) is 2.20. The SMILES string of the molecule is CS(=O)(=O)N(CC(=O)NC1CCS(=O)(=O)C1)C1CC1. The molecule has 1 atom stereocenters. The average molecular weight is 310 g/mol. The van der Waals surface area contributed by atoms with Crippen LogP contribution in [0.2, 0.25) is 0 Å². The first kappa shape index (κ1) is 14.7. The molecule has 0 radical (unpaired) electrons. The summed E-state index contributed by atoms with van der Waals surface area (Å²) in [6.07, 6.45) is 3.03. The Morgan fingerprint density at radius 3 is 2.37 bits per heavy atom. The summed E-state index contributed by atoms with van der Waals surface area (Å²) in [4.78, 5) is 11.8. The van der Waals surface area contributed by atoms with Gasteiger partial charge >= 0.3 is 0 Å². The van der Waals surface area contributed by atoms with Crippen molar-refractivity contribution in [1.29, 1.82) is 0 Å². The Hall–Kier alpha value is -0.670. The van der Waals surface area contributed by atoms with Gasteiger partial charge in [0.2, 0.25) is 15.9 Å². The summed E-state index contributed by atoms with van der Waals surface area (Å²) in [5.41, 5.74) is 0. The van der Waals surface area contributed by atoms with Crippen molar-refractivity contribution in [2.75, 3.05) is 24.3 Å². The number of carbonyl (C=O) groups excluding carboxylic acids is 1. The number of amides is 1. The molecule has 0 aromatic rings. The largest absolute Gasteiger partial charge is 0.351 e. The first-order chi connectivity index (χ1) is 8.67. The van der Waals surface area contributed by atoms with Gasteiger partial charge in [0.25, 0.3) is 0 Å². The standard InChI is InChI=1S/C10H18N2O5S2/c1-18(14,15)12(9-2-3-9)6-10(13)11-8-4-5-19(16,17)7-8/h8-9H,2-7H2,1H3,(H,11,13). The van der Waals surface area contributed by atoms with Gasteiger partial charge in [-0.1, -0.05) is 0 Å². The molecule has 7 nitrogen and oxygen atoms in total. The number of rotatable bonds is 5. The lowest BCUT2D eigenvalue weighted by Crippen LogP contribution is -2.45. The predicted molar refractivity (Wildman–Crippen MR) is 69.8 cm³/mol. The summed E-state index contributed by atoms with van der Waals surface area (Å²) in [5.74, 6) is -0.406. The van der Waals surface area contributed by atoms with Gasteiger partial charge in [-0.05, 0) is 19.3 Å². The lowest BCUT2D eigenvalue weighted by Gasteiger charge is -2.20. The van der Waals surface area contributed by atoms with E-state index in [1.54, 1.807) is 0 Å². The Labute approximate surface area is 113 Å². The van der Waals surface area contributed by atoms with E-state index in [-0.39, 0.29) is 24.1 Å². The minimum atomic E-state index is -3.40. The number of sulfone groups is 1. The molecular weight excluding hydrogens is 292 g/mol. The Kier molecular flexibility index (Phi) is 3.90. The van der Waals surface area contributed by atoms with Crippen LogP contribution in [0.3, 0.4) is 0 Å². The van der Waals surface area contributed by atoms with Crippen LogP contribution >= 0.6 is 0 Å². The summed E-state index contributed by atoms with van der Waals surface area (Å²) in [6, 6.07) is -0.467. The zero-order valence-corrected chi connectivity index (χ0v) is 12.3. The van der Waals surface area contributed by atoms with Crippen LogP contribution in [0.4, 0.5) is 0 Å². The van der Waals surface area contributed by atoms with Crippen LogP contribution in [0.5, 0.6) is 0 Å². The summed E-state index contributed by atoms with van der Waals surface area (Å²) < 4.78 is 46.8. The summed E-state index contributed by atoms with van der Waals surface area (Å²) in [6.45, 7) is -0.222.